The van der Waals surface area contributed by atoms with Gasteiger partial charge in [-0.2, -0.15) is 0 Å². The molecule has 1 radical (unpaired) electrons. The number of hydrogen-bond donors (Lipinski definition) is 1. The topological polar surface area (TPSA) is 69.4 Å². The highest BCUT2D eigenvalue weighted by atomic mass is 16.5. The van der Waals surface area contributed by atoms with E-state index in [1.165, 1.54) is 0 Å². The van der Waals surface area contributed by atoms with Crippen molar-refractivity contribution >= 4 is 12.3 Å². The lowest BCUT2D eigenvalue weighted by Crippen LogP contribution is -2.37. The Morgan fingerprint density at radius 1 is 1.50 bits per heavy atom. The molecule has 0 bridgehead atoms. The number of hydrogen-bond acceptors (Lipinski definition) is 4. The Labute approximate surface area is 84.1 Å². The number of rotatable bonds is 6. The van der Waals surface area contributed by atoms with E-state index in [4.69, 9.17) is 10.5 Å². The molecule has 0 aromatic carbocycles. The van der Waals surface area contributed by atoms with Crippen LogP contribution < -0.4 is 5.73 Å². The third-order valence-electron chi connectivity index (χ3n) is 1.68. The zero-order valence-corrected chi connectivity index (χ0v) is 8.53. The Balaban J connectivity index is 3.68. The van der Waals surface area contributed by atoms with E-state index in [-0.39, 0.29) is 18.9 Å². The standard InChI is InChI=1S/C10H16NO3/c1-8(2)9(11)10(13)14-7-5-3-4-6-12/h3,5,8-9H,4,7,11H2,1-2H3/b5-3-/t9-/m0/s1. The van der Waals surface area contributed by atoms with Crippen molar-refractivity contribution in [3.63, 3.8) is 0 Å². The van der Waals surface area contributed by atoms with Gasteiger partial charge in [-0.15, -0.1) is 0 Å². The molecule has 0 saturated carbocycles. The van der Waals surface area contributed by atoms with Gasteiger partial charge in [0.15, 0.2) is 0 Å². The van der Waals surface area contributed by atoms with E-state index >= 15 is 0 Å². The molecule has 0 aliphatic heterocycles. The Kier molecular flexibility index (Phi) is 6.66. The second-order valence-electron chi connectivity index (χ2n) is 3.22. The first kappa shape index (κ1) is 12.8. The average Bonchev–Trinajstić information content (AvgIpc) is 2.16. The summed E-state index contributed by atoms with van der Waals surface area (Å²) < 4.78 is 4.83. The minimum atomic E-state index is -0.582. The van der Waals surface area contributed by atoms with Crippen molar-refractivity contribution in [2.24, 2.45) is 11.7 Å². The normalized spacial score (nSPS) is 13.1. The van der Waals surface area contributed by atoms with Gasteiger partial charge in [0.1, 0.15) is 12.6 Å². The zero-order valence-electron chi connectivity index (χ0n) is 8.53. The summed E-state index contributed by atoms with van der Waals surface area (Å²) in [6, 6.07) is -0.582. The van der Waals surface area contributed by atoms with Crippen LogP contribution in [0, 0.1) is 5.92 Å². The van der Waals surface area contributed by atoms with Crippen LogP contribution in [0.4, 0.5) is 0 Å². The van der Waals surface area contributed by atoms with Crippen LogP contribution in [0.5, 0.6) is 0 Å². The van der Waals surface area contributed by atoms with Gasteiger partial charge < -0.3 is 10.5 Å². The lowest BCUT2D eigenvalue weighted by molar-refractivity contribution is -0.145. The Hall–Kier alpha value is -1.16. The maximum atomic E-state index is 11.2. The Bertz CT molecular complexity index is 211. The highest BCUT2D eigenvalue weighted by Gasteiger charge is 2.17. The molecule has 2 N–H and O–H groups in total. The second-order valence-corrected chi connectivity index (χ2v) is 3.22. The zero-order chi connectivity index (χ0) is 11.0. The number of ether oxygens (including phenoxy) is 1. The quantitative estimate of drug-likeness (QED) is 0.500. The lowest BCUT2D eigenvalue weighted by atomic mass is 10.1. The molecule has 1 atom stereocenters. The lowest BCUT2D eigenvalue weighted by Gasteiger charge is -2.13. The SMILES string of the molecule is CC(C)[C@H](N)C(=O)OC/C=C\C[C]=O. The first-order valence-electron chi connectivity index (χ1n) is 4.51. The van der Waals surface area contributed by atoms with Gasteiger partial charge >= 0.3 is 5.97 Å². The Morgan fingerprint density at radius 2 is 2.14 bits per heavy atom. The summed E-state index contributed by atoms with van der Waals surface area (Å²) in [6.45, 7) is 3.85. The van der Waals surface area contributed by atoms with Crippen LogP contribution in [0.3, 0.4) is 0 Å². The molecule has 0 unspecified atom stereocenters. The highest BCUT2D eigenvalue weighted by Crippen LogP contribution is 2.00. The molecule has 4 nitrogen and oxygen atoms in total. The van der Waals surface area contributed by atoms with Gasteiger partial charge in [0.2, 0.25) is 6.29 Å². The van der Waals surface area contributed by atoms with E-state index in [9.17, 15) is 9.59 Å². The van der Waals surface area contributed by atoms with Crippen molar-refractivity contribution < 1.29 is 14.3 Å². The molecule has 0 aromatic rings. The smallest absolute Gasteiger partial charge is 0.323 e. The van der Waals surface area contributed by atoms with Crippen molar-refractivity contribution in [3.8, 4) is 0 Å². The maximum Gasteiger partial charge on any atom is 0.323 e. The largest absolute Gasteiger partial charge is 0.460 e. The molecule has 0 aromatic heterocycles. The van der Waals surface area contributed by atoms with Gasteiger partial charge in [-0.3, -0.25) is 9.59 Å². The van der Waals surface area contributed by atoms with Crippen LogP contribution >= 0.6 is 0 Å². The van der Waals surface area contributed by atoms with Gasteiger partial charge in [-0.1, -0.05) is 26.0 Å². The molecular weight excluding hydrogens is 182 g/mol. The molecule has 0 aliphatic rings. The van der Waals surface area contributed by atoms with Crippen LogP contribution in [-0.4, -0.2) is 24.9 Å². The average molecular weight is 198 g/mol. The van der Waals surface area contributed by atoms with E-state index in [0.29, 0.717) is 0 Å². The van der Waals surface area contributed by atoms with Crippen molar-refractivity contribution in [2.75, 3.05) is 6.61 Å². The molecule has 79 valence electrons. The van der Waals surface area contributed by atoms with Gasteiger partial charge in [-0.05, 0) is 5.92 Å². The number of esters is 1. The number of carbonyl (C=O) groups excluding carboxylic acids is 2. The molecule has 4 heteroatoms. The monoisotopic (exact) mass is 198 g/mol. The van der Waals surface area contributed by atoms with Crippen LogP contribution in [0.15, 0.2) is 12.2 Å². The first-order valence-corrected chi connectivity index (χ1v) is 4.51. The molecule has 0 heterocycles. The fraction of sp³-hybridized carbons (Fsp3) is 0.600. The summed E-state index contributed by atoms with van der Waals surface area (Å²) in [5.74, 6) is -0.352. The number of allylic oxidation sites excluding steroid dienone is 1. The van der Waals surface area contributed by atoms with Crippen molar-refractivity contribution in [3.05, 3.63) is 12.2 Å². The summed E-state index contributed by atoms with van der Waals surface area (Å²) in [7, 11) is 0. The first-order chi connectivity index (χ1) is 6.59. The minimum Gasteiger partial charge on any atom is -0.460 e. The second kappa shape index (κ2) is 7.26. The van der Waals surface area contributed by atoms with Gasteiger partial charge in [0.05, 0.1) is 0 Å². The summed E-state index contributed by atoms with van der Waals surface area (Å²) in [6.07, 6.45) is 5.09. The van der Waals surface area contributed by atoms with Crippen molar-refractivity contribution in [1.82, 2.24) is 0 Å². The molecule has 0 aliphatic carbocycles. The van der Waals surface area contributed by atoms with Crippen molar-refractivity contribution in [1.29, 1.82) is 0 Å². The predicted molar refractivity (Wildman–Crippen MR) is 53.2 cm³/mol. The number of carbonyl (C=O) groups is 1. The summed E-state index contributed by atoms with van der Waals surface area (Å²) in [5.41, 5.74) is 5.54. The molecule has 0 amide bonds. The highest BCUT2D eigenvalue weighted by molar-refractivity contribution is 5.75. The number of nitrogens with two attached hydrogens (primary N) is 1. The summed E-state index contributed by atoms with van der Waals surface area (Å²) in [5, 5.41) is 0. The third-order valence-corrected chi connectivity index (χ3v) is 1.68. The fourth-order valence-electron chi connectivity index (χ4n) is 0.698. The minimum absolute atomic E-state index is 0.0646. The van der Waals surface area contributed by atoms with E-state index in [1.54, 1.807) is 18.4 Å². The van der Waals surface area contributed by atoms with Gasteiger partial charge in [-0.25, -0.2) is 0 Å². The van der Waals surface area contributed by atoms with E-state index in [2.05, 4.69) is 0 Å². The molecule has 0 rings (SSSR count). The van der Waals surface area contributed by atoms with Gasteiger partial charge in [0.25, 0.3) is 0 Å². The summed E-state index contributed by atoms with van der Waals surface area (Å²) >= 11 is 0. The molecule has 14 heavy (non-hydrogen) atoms. The van der Waals surface area contributed by atoms with Crippen LogP contribution in [-0.2, 0) is 14.3 Å². The van der Waals surface area contributed by atoms with Crippen LogP contribution in [0.2, 0.25) is 0 Å². The van der Waals surface area contributed by atoms with E-state index in [0.717, 1.165) is 0 Å². The van der Waals surface area contributed by atoms with E-state index in [1.807, 2.05) is 13.8 Å². The molecule has 0 saturated heterocycles. The molecule has 0 fully saturated rings. The third kappa shape index (κ3) is 5.48. The van der Waals surface area contributed by atoms with Crippen LogP contribution in [0.25, 0.3) is 0 Å². The molecular formula is C10H16NO3. The van der Waals surface area contributed by atoms with Crippen molar-refractivity contribution in [2.45, 2.75) is 26.3 Å². The van der Waals surface area contributed by atoms with Gasteiger partial charge in [0, 0.05) is 6.42 Å². The molecule has 0 spiro atoms. The summed E-state index contributed by atoms with van der Waals surface area (Å²) in [4.78, 5) is 21.0. The maximum absolute atomic E-state index is 11.2. The fourth-order valence-corrected chi connectivity index (χ4v) is 0.698. The Morgan fingerprint density at radius 3 is 2.64 bits per heavy atom. The van der Waals surface area contributed by atoms with Crippen LogP contribution in [0.1, 0.15) is 20.3 Å². The predicted octanol–water partition coefficient (Wildman–Crippen LogP) is 0.569. The van der Waals surface area contributed by atoms with E-state index < -0.39 is 12.0 Å².